The highest BCUT2D eigenvalue weighted by atomic mass is 32.2. The van der Waals surface area contributed by atoms with E-state index in [2.05, 4.69) is 0 Å². The van der Waals surface area contributed by atoms with Crippen molar-refractivity contribution in [2.45, 2.75) is 9.79 Å². The lowest BCUT2D eigenvalue weighted by Gasteiger charge is -2.17. The zero-order chi connectivity index (χ0) is 7.35. The van der Waals surface area contributed by atoms with Gasteiger partial charge in [0.25, 0.3) is 0 Å². The third-order valence-corrected chi connectivity index (χ3v) is 3.36. The van der Waals surface area contributed by atoms with Gasteiger partial charge in [-0.25, -0.2) is 8.42 Å². The maximum absolute atomic E-state index is 10.9. The molecule has 0 aromatic heterocycles. The lowest BCUT2D eigenvalue weighted by Crippen LogP contribution is -2.12. The van der Waals surface area contributed by atoms with E-state index in [9.17, 15) is 8.42 Å². The van der Waals surface area contributed by atoms with E-state index in [4.69, 9.17) is 5.11 Å². The van der Waals surface area contributed by atoms with E-state index < -0.39 is 9.84 Å². The predicted octanol–water partition coefficient (Wildman–Crippen LogP) is 0.538. The molecule has 2 heterocycles. The molecule has 0 aliphatic carbocycles. The van der Waals surface area contributed by atoms with Crippen LogP contribution in [0.4, 0.5) is 0 Å². The Morgan fingerprint density at radius 3 is 1.90 bits per heavy atom. The number of aromatic hydroxyl groups is 1. The van der Waals surface area contributed by atoms with Crippen LogP contribution in [0.25, 0.3) is 0 Å². The molecule has 0 fully saturated rings. The lowest BCUT2D eigenvalue weighted by atomic mass is 10.3. The van der Waals surface area contributed by atoms with E-state index >= 15 is 0 Å². The summed E-state index contributed by atoms with van der Waals surface area (Å²) in [6, 6.07) is 4.38. The van der Waals surface area contributed by atoms with E-state index in [1.54, 1.807) is 6.07 Å². The molecule has 2 aliphatic rings. The van der Waals surface area contributed by atoms with Crippen LogP contribution in [0.1, 0.15) is 0 Å². The third kappa shape index (κ3) is 0.398. The van der Waals surface area contributed by atoms with Crippen molar-refractivity contribution in [2.24, 2.45) is 0 Å². The molecule has 0 saturated heterocycles. The quantitative estimate of drug-likeness (QED) is 0.605. The molecule has 52 valence electrons. The molecule has 2 aliphatic heterocycles. The summed E-state index contributed by atoms with van der Waals surface area (Å²) in [5.41, 5.74) is 0. The molecular weight excluding hydrogens is 152 g/mol. The molecule has 0 radical (unpaired) electrons. The van der Waals surface area contributed by atoms with E-state index in [0.29, 0.717) is 0 Å². The van der Waals surface area contributed by atoms with Crippen LogP contribution >= 0.6 is 0 Å². The van der Waals surface area contributed by atoms with Crippen molar-refractivity contribution < 1.29 is 13.5 Å². The second-order valence-corrected chi connectivity index (χ2v) is 3.99. The van der Waals surface area contributed by atoms with Crippen molar-refractivity contribution in [1.82, 2.24) is 0 Å². The summed E-state index contributed by atoms with van der Waals surface area (Å²) in [7, 11) is -3.21. The summed E-state index contributed by atoms with van der Waals surface area (Å²) < 4.78 is 21.8. The monoisotopic (exact) mass is 156 g/mol. The van der Waals surface area contributed by atoms with E-state index in [-0.39, 0.29) is 15.5 Å². The number of rotatable bonds is 0. The van der Waals surface area contributed by atoms with Gasteiger partial charge in [-0.3, -0.25) is 0 Å². The average molecular weight is 156 g/mol. The summed E-state index contributed by atoms with van der Waals surface area (Å²) in [6.07, 6.45) is 0. The van der Waals surface area contributed by atoms with Crippen LogP contribution in [0.5, 0.6) is 5.75 Å². The Morgan fingerprint density at radius 1 is 1.20 bits per heavy atom. The Morgan fingerprint density at radius 2 is 1.70 bits per heavy atom. The van der Waals surface area contributed by atoms with Crippen molar-refractivity contribution >= 4 is 9.84 Å². The second-order valence-electron chi connectivity index (χ2n) is 2.11. The Hall–Kier alpha value is -1.03. The number of phenols is 1. The molecule has 2 bridgehead atoms. The number of hydrogen-bond donors (Lipinski definition) is 1. The van der Waals surface area contributed by atoms with Crippen LogP contribution in [0.15, 0.2) is 28.0 Å². The summed E-state index contributed by atoms with van der Waals surface area (Å²) in [5, 5.41) is 8.94. The van der Waals surface area contributed by atoms with Gasteiger partial charge in [0.2, 0.25) is 9.84 Å². The summed E-state index contributed by atoms with van der Waals surface area (Å²) in [6.45, 7) is 0. The Balaban J connectivity index is 2.94. The van der Waals surface area contributed by atoms with Crippen molar-refractivity contribution in [3.63, 3.8) is 0 Å². The molecule has 10 heavy (non-hydrogen) atoms. The van der Waals surface area contributed by atoms with E-state index in [1.165, 1.54) is 12.1 Å². The molecule has 1 aromatic carbocycles. The molecular formula is C6H4O3S. The fourth-order valence-corrected chi connectivity index (χ4v) is 2.34. The van der Waals surface area contributed by atoms with Gasteiger partial charge in [0.1, 0.15) is 9.79 Å². The van der Waals surface area contributed by atoms with Gasteiger partial charge in [-0.05, 0) is 12.1 Å². The minimum Gasteiger partial charge on any atom is -0.505 e. The molecule has 4 heteroatoms. The summed E-state index contributed by atoms with van der Waals surface area (Å²) >= 11 is 0. The smallest absolute Gasteiger partial charge is 0.213 e. The fourth-order valence-electron chi connectivity index (χ4n) is 1.01. The van der Waals surface area contributed by atoms with Gasteiger partial charge in [0.05, 0.1) is 0 Å². The largest absolute Gasteiger partial charge is 0.505 e. The van der Waals surface area contributed by atoms with E-state index in [0.717, 1.165) is 0 Å². The molecule has 0 spiro atoms. The van der Waals surface area contributed by atoms with Crippen molar-refractivity contribution in [3.8, 4) is 5.75 Å². The number of hydrogen-bond acceptors (Lipinski definition) is 3. The minimum atomic E-state index is -3.21. The Kier molecular flexibility index (Phi) is 0.771. The van der Waals surface area contributed by atoms with Crippen LogP contribution in [-0.2, 0) is 9.84 Å². The number of para-hydroxylation sites is 1. The summed E-state index contributed by atoms with van der Waals surface area (Å²) in [5.74, 6) is -0.0949. The van der Waals surface area contributed by atoms with Crippen molar-refractivity contribution in [1.29, 1.82) is 0 Å². The van der Waals surface area contributed by atoms with Gasteiger partial charge < -0.3 is 5.11 Å². The van der Waals surface area contributed by atoms with Crippen molar-refractivity contribution in [2.75, 3.05) is 0 Å². The van der Waals surface area contributed by atoms with Gasteiger partial charge in [0, 0.05) is 0 Å². The predicted molar refractivity (Wildman–Crippen MR) is 33.6 cm³/mol. The standard InChI is InChI=1S/C6H4O3S/c7-6-4-2-1-3-5(6)10(4,8)9/h1-3,7H. The summed E-state index contributed by atoms with van der Waals surface area (Å²) in [4.78, 5) is 0.0926. The molecule has 0 atom stereocenters. The minimum absolute atomic E-state index is 0.0463. The highest BCUT2D eigenvalue weighted by Gasteiger charge is 2.35. The number of phenolic OH excluding ortho intramolecular Hbond substituents is 1. The second kappa shape index (κ2) is 1.34. The average Bonchev–Trinajstić information content (AvgIpc) is 1.88. The van der Waals surface area contributed by atoms with Crippen LogP contribution in [-0.4, -0.2) is 13.5 Å². The van der Waals surface area contributed by atoms with Gasteiger partial charge in [-0.2, -0.15) is 0 Å². The first-order valence-electron chi connectivity index (χ1n) is 2.71. The molecule has 3 nitrogen and oxygen atoms in total. The molecule has 3 rings (SSSR count). The fraction of sp³-hybridized carbons (Fsp3) is 0. The molecule has 1 aromatic rings. The zero-order valence-corrected chi connectivity index (χ0v) is 5.72. The third-order valence-electron chi connectivity index (χ3n) is 1.54. The first kappa shape index (κ1) is 5.73. The highest BCUT2D eigenvalue weighted by molar-refractivity contribution is 7.93. The Labute approximate surface area is 57.8 Å². The molecule has 0 unspecified atom stereocenters. The van der Waals surface area contributed by atoms with Gasteiger partial charge in [0.15, 0.2) is 5.75 Å². The lowest BCUT2D eigenvalue weighted by molar-refractivity contribution is 0.429. The maximum atomic E-state index is 10.9. The topological polar surface area (TPSA) is 54.4 Å². The van der Waals surface area contributed by atoms with Crippen LogP contribution in [0.2, 0.25) is 0 Å². The molecule has 0 amide bonds. The SMILES string of the molecule is O=S1(=O)c2cccc1c2O. The van der Waals surface area contributed by atoms with Crippen LogP contribution < -0.4 is 0 Å². The first-order valence-corrected chi connectivity index (χ1v) is 4.19. The Bertz CT molecular complexity index is 363. The first-order chi connectivity index (χ1) is 4.64. The van der Waals surface area contributed by atoms with E-state index in [1.807, 2.05) is 0 Å². The zero-order valence-electron chi connectivity index (χ0n) is 4.90. The van der Waals surface area contributed by atoms with Gasteiger partial charge in [-0.1, -0.05) is 6.07 Å². The van der Waals surface area contributed by atoms with Crippen LogP contribution in [0.3, 0.4) is 0 Å². The number of fused-ring (bicyclic) bond motifs is 2. The maximum Gasteiger partial charge on any atom is 0.213 e. The normalized spacial score (nSPS) is 18.0. The number of sulfone groups is 1. The van der Waals surface area contributed by atoms with Crippen molar-refractivity contribution in [3.05, 3.63) is 18.2 Å². The van der Waals surface area contributed by atoms with Gasteiger partial charge >= 0.3 is 0 Å². The highest BCUT2D eigenvalue weighted by Crippen LogP contribution is 2.43. The van der Waals surface area contributed by atoms with Crippen LogP contribution in [0, 0.1) is 0 Å². The molecule has 1 N–H and O–H groups in total. The molecule has 0 saturated carbocycles. The number of benzene rings is 1. The van der Waals surface area contributed by atoms with Gasteiger partial charge in [-0.15, -0.1) is 0 Å².